The summed E-state index contributed by atoms with van der Waals surface area (Å²) in [5, 5.41) is 9.25. The zero-order valence-electron chi connectivity index (χ0n) is 7.29. The molecule has 0 bridgehead atoms. The lowest BCUT2D eigenvalue weighted by Crippen LogP contribution is -2.05. The molecular formula is C7H2BrClF2N2O3. The quantitative estimate of drug-likeness (QED) is 0.488. The molecule has 0 aliphatic heterocycles. The van der Waals surface area contributed by atoms with Crippen molar-refractivity contribution in [2.75, 3.05) is 0 Å². The Balaban J connectivity index is 3.54. The van der Waals surface area contributed by atoms with Gasteiger partial charge in [0, 0.05) is 0 Å². The Morgan fingerprint density at radius 3 is 2.56 bits per heavy atom. The molecule has 1 heterocycles. The van der Waals surface area contributed by atoms with Gasteiger partial charge in [0.05, 0.1) is 10.5 Å². The molecule has 0 radical (unpaired) electrons. The minimum Gasteiger partial charge on any atom is -0.274 e. The van der Waals surface area contributed by atoms with Crippen molar-refractivity contribution in [1.82, 2.24) is 4.98 Å². The monoisotopic (exact) mass is 314 g/mol. The van der Waals surface area contributed by atoms with Gasteiger partial charge in [-0.1, -0.05) is 0 Å². The summed E-state index contributed by atoms with van der Waals surface area (Å²) in [6, 6.07) is 0. The normalized spacial score (nSPS) is 10.6. The smallest absolute Gasteiger partial charge is 0.274 e. The zero-order chi connectivity index (χ0) is 12.5. The Hall–Kier alpha value is -1.15. The standard InChI is InChI=1S/C7H2BrClF2N2O3/c8-4-2(13(15)16)1-12-5(6(9)14)3(4)7(10)11/h1,7H. The van der Waals surface area contributed by atoms with E-state index in [2.05, 4.69) is 20.9 Å². The summed E-state index contributed by atoms with van der Waals surface area (Å²) in [6.07, 6.45) is -2.41. The van der Waals surface area contributed by atoms with Crippen molar-refractivity contribution in [3.05, 3.63) is 32.0 Å². The second-order valence-electron chi connectivity index (χ2n) is 2.55. The summed E-state index contributed by atoms with van der Waals surface area (Å²) in [5.74, 6) is 0. The topological polar surface area (TPSA) is 73.1 Å². The van der Waals surface area contributed by atoms with Gasteiger partial charge in [-0.2, -0.15) is 0 Å². The minimum absolute atomic E-state index is 0.494. The first-order chi connectivity index (χ1) is 7.36. The fourth-order valence-electron chi connectivity index (χ4n) is 0.977. The zero-order valence-corrected chi connectivity index (χ0v) is 9.63. The predicted molar refractivity (Wildman–Crippen MR) is 53.7 cm³/mol. The van der Waals surface area contributed by atoms with Gasteiger partial charge in [0.2, 0.25) is 0 Å². The number of carbonyl (C=O) groups excluding carboxylic acids is 1. The first kappa shape index (κ1) is 12.9. The summed E-state index contributed by atoms with van der Waals surface area (Å²) in [5.41, 5.74) is -2.24. The van der Waals surface area contributed by atoms with Crippen LogP contribution in [0.4, 0.5) is 14.5 Å². The summed E-state index contributed by atoms with van der Waals surface area (Å²) in [4.78, 5) is 23.6. The van der Waals surface area contributed by atoms with Crippen LogP contribution < -0.4 is 0 Å². The van der Waals surface area contributed by atoms with E-state index in [1.165, 1.54) is 0 Å². The van der Waals surface area contributed by atoms with Crippen molar-refractivity contribution < 1.29 is 18.5 Å². The van der Waals surface area contributed by atoms with E-state index in [-0.39, 0.29) is 0 Å². The van der Waals surface area contributed by atoms with Crippen molar-refractivity contribution in [2.45, 2.75) is 6.43 Å². The summed E-state index contributed by atoms with van der Waals surface area (Å²) in [6.45, 7) is 0. The molecular weight excluding hydrogens is 313 g/mol. The molecule has 0 fully saturated rings. The SMILES string of the molecule is O=C(Cl)c1ncc([N+](=O)[O-])c(Br)c1C(F)F. The van der Waals surface area contributed by atoms with E-state index in [1.54, 1.807) is 0 Å². The van der Waals surface area contributed by atoms with E-state index in [0.717, 1.165) is 0 Å². The van der Waals surface area contributed by atoms with Gasteiger partial charge in [0.25, 0.3) is 11.7 Å². The number of pyridine rings is 1. The maximum absolute atomic E-state index is 12.6. The van der Waals surface area contributed by atoms with Gasteiger partial charge in [-0.05, 0) is 27.5 Å². The van der Waals surface area contributed by atoms with Crippen LogP contribution in [0.3, 0.4) is 0 Å². The molecule has 0 atom stereocenters. The fraction of sp³-hybridized carbons (Fsp3) is 0.143. The molecule has 0 unspecified atom stereocenters. The number of rotatable bonds is 3. The van der Waals surface area contributed by atoms with Crippen LogP contribution >= 0.6 is 27.5 Å². The average Bonchev–Trinajstić information content (AvgIpc) is 2.15. The Morgan fingerprint density at radius 2 is 2.19 bits per heavy atom. The van der Waals surface area contributed by atoms with Crippen LogP contribution in [-0.2, 0) is 0 Å². The highest BCUT2D eigenvalue weighted by Gasteiger charge is 2.28. The molecule has 0 aromatic carbocycles. The van der Waals surface area contributed by atoms with Gasteiger partial charge >= 0.3 is 5.69 Å². The van der Waals surface area contributed by atoms with Crippen LogP contribution in [0.25, 0.3) is 0 Å². The molecule has 16 heavy (non-hydrogen) atoms. The van der Waals surface area contributed by atoms with Crippen molar-refractivity contribution in [3.8, 4) is 0 Å². The minimum atomic E-state index is -3.10. The number of hydrogen-bond donors (Lipinski definition) is 0. The molecule has 1 rings (SSSR count). The van der Waals surface area contributed by atoms with Gasteiger partial charge in [-0.25, -0.2) is 13.8 Å². The molecule has 0 saturated carbocycles. The second-order valence-corrected chi connectivity index (χ2v) is 3.69. The summed E-state index contributed by atoms with van der Waals surface area (Å²) < 4.78 is 24.7. The number of hydrogen-bond acceptors (Lipinski definition) is 4. The predicted octanol–water partition coefficient (Wildman–Crippen LogP) is 3.07. The van der Waals surface area contributed by atoms with Gasteiger partial charge < -0.3 is 0 Å². The molecule has 0 aliphatic carbocycles. The highest BCUT2D eigenvalue weighted by Crippen LogP contribution is 2.36. The van der Waals surface area contributed by atoms with E-state index < -0.39 is 38.0 Å². The van der Waals surface area contributed by atoms with Crippen LogP contribution in [0.2, 0.25) is 0 Å². The van der Waals surface area contributed by atoms with Crippen molar-refractivity contribution >= 4 is 38.5 Å². The van der Waals surface area contributed by atoms with Crippen LogP contribution in [0, 0.1) is 10.1 Å². The lowest BCUT2D eigenvalue weighted by molar-refractivity contribution is -0.386. The van der Waals surface area contributed by atoms with Crippen molar-refractivity contribution in [1.29, 1.82) is 0 Å². The highest BCUT2D eigenvalue weighted by atomic mass is 79.9. The van der Waals surface area contributed by atoms with Gasteiger partial charge in [0.1, 0.15) is 16.4 Å². The largest absolute Gasteiger partial charge is 0.302 e. The molecule has 0 spiro atoms. The summed E-state index contributed by atoms with van der Waals surface area (Å²) in [7, 11) is 0. The molecule has 0 N–H and O–H groups in total. The van der Waals surface area contributed by atoms with E-state index >= 15 is 0 Å². The fourth-order valence-corrected chi connectivity index (χ4v) is 1.74. The highest BCUT2D eigenvalue weighted by molar-refractivity contribution is 9.10. The second kappa shape index (κ2) is 4.79. The maximum atomic E-state index is 12.6. The number of halogens is 4. The number of nitro groups is 1. The lowest BCUT2D eigenvalue weighted by Gasteiger charge is -2.06. The number of alkyl halides is 2. The number of carbonyl (C=O) groups is 1. The molecule has 1 aromatic rings. The Bertz CT molecular complexity index is 469. The van der Waals surface area contributed by atoms with E-state index in [9.17, 15) is 23.7 Å². The van der Waals surface area contributed by atoms with Crippen LogP contribution in [0.1, 0.15) is 22.5 Å². The van der Waals surface area contributed by atoms with E-state index in [4.69, 9.17) is 11.6 Å². The molecule has 0 saturated heterocycles. The lowest BCUT2D eigenvalue weighted by atomic mass is 10.2. The van der Waals surface area contributed by atoms with E-state index in [0.29, 0.717) is 6.20 Å². The van der Waals surface area contributed by atoms with Gasteiger partial charge in [-0.3, -0.25) is 14.9 Å². The third kappa shape index (κ3) is 2.33. The van der Waals surface area contributed by atoms with Crippen LogP contribution in [-0.4, -0.2) is 15.1 Å². The molecule has 0 aliphatic rings. The molecule has 1 aromatic heterocycles. The Morgan fingerprint density at radius 1 is 1.62 bits per heavy atom. The van der Waals surface area contributed by atoms with Gasteiger partial charge in [0.15, 0.2) is 0 Å². The van der Waals surface area contributed by atoms with Crippen LogP contribution in [0.5, 0.6) is 0 Å². The molecule has 86 valence electrons. The van der Waals surface area contributed by atoms with Crippen LogP contribution in [0.15, 0.2) is 10.7 Å². The molecule has 9 heteroatoms. The number of nitrogens with zero attached hydrogens (tertiary/aromatic N) is 2. The molecule has 0 amide bonds. The van der Waals surface area contributed by atoms with E-state index in [1.807, 2.05) is 0 Å². The third-order valence-electron chi connectivity index (χ3n) is 1.63. The first-order valence-electron chi connectivity index (χ1n) is 3.67. The average molecular weight is 315 g/mol. The Kier molecular flexibility index (Phi) is 3.87. The summed E-state index contributed by atoms with van der Waals surface area (Å²) >= 11 is 7.66. The molecule has 5 nitrogen and oxygen atoms in total. The number of aromatic nitrogens is 1. The Labute approximate surface area is 101 Å². The van der Waals surface area contributed by atoms with Gasteiger partial charge in [-0.15, -0.1) is 0 Å². The third-order valence-corrected chi connectivity index (χ3v) is 2.65. The van der Waals surface area contributed by atoms with Crippen molar-refractivity contribution in [3.63, 3.8) is 0 Å². The first-order valence-corrected chi connectivity index (χ1v) is 4.84. The maximum Gasteiger partial charge on any atom is 0.302 e. The van der Waals surface area contributed by atoms with Crippen molar-refractivity contribution in [2.24, 2.45) is 0 Å².